The number of nitriles is 1. The molecule has 0 aliphatic heterocycles. The van der Waals surface area contributed by atoms with Gasteiger partial charge >= 0.3 is 0 Å². The van der Waals surface area contributed by atoms with Gasteiger partial charge in [0.1, 0.15) is 5.82 Å². The summed E-state index contributed by atoms with van der Waals surface area (Å²) >= 11 is 3.51. The molecule has 0 atom stereocenters. The third kappa shape index (κ3) is 2.52. The molecule has 2 aromatic rings. The fourth-order valence-electron chi connectivity index (χ4n) is 1.68. The Morgan fingerprint density at radius 3 is 2.78 bits per heavy atom. The smallest absolute Gasteiger partial charge is 0.147 e. The summed E-state index contributed by atoms with van der Waals surface area (Å²) in [7, 11) is 1.93. The lowest BCUT2D eigenvalue weighted by molar-refractivity contribution is 1.10. The van der Waals surface area contributed by atoms with Crippen LogP contribution < -0.4 is 4.90 Å². The highest BCUT2D eigenvalue weighted by Gasteiger charge is 2.09. The second-order valence-electron chi connectivity index (χ2n) is 4.04. The molecule has 0 amide bonds. The fraction of sp³-hybridized carbons (Fsp3) is 0.143. The number of hydrogen-bond acceptors (Lipinski definition) is 3. The van der Waals surface area contributed by atoms with Gasteiger partial charge < -0.3 is 4.90 Å². The van der Waals surface area contributed by atoms with Crippen molar-refractivity contribution >= 4 is 27.4 Å². The normalized spacial score (nSPS) is 9.89. The van der Waals surface area contributed by atoms with Crippen LogP contribution in [-0.2, 0) is 0 Å². The summed E-state index contributed by atoms with van der Waals surface area (Å²) in [6.07, 6.45) is 1.82. The maximum absolute atomic E-state index is 8.91. The van der Waals surface area contributed by atoms with E-state index >= 15 is 0 Å². The molecular formula is C14H12BrN3. The van der Waals surface area contributed by atoms with Gasteiger partial charge in [-0.15, -0.1) is 0 Å². The zero-order valence-corrected chi connectivity index (χ0v) is 11.8. The van der Waals surface area contributed by atoms with Crippen molar-refractivity contribution in [3.05, 3.63) is 52.1 Å². The van der Waals surface area contributed by atoms with E-state index in [4.69, 9.17) is 5.26 Å². The summed E-state index contributed by atoms with van der Waals surface area (Å²) in [6.45, 7) is 2.00. The molecule has 18 heavy (non-hydrogen) atoms. The Hall–Kier alpha value is -1.86. The quantitative estimate of drug-likeness (QED) is 0.847. The number of hydrogen-bond donors (Lipinski definition) is 0. The Bertz CT molecular complexity index is 617. The molecule has 0 aliphatic carbocycles. The van der Waals surface area contributed by atoms with E-state index in [0.717, 1.165) is 21.5 Å². The highest BCUT2D eigenvalue weighted by Crippen LogP contribution is 2.29. The maximum Gasteiger partial charge on any atom is 0.147 e. The monoisotopic (exact) mass is 301 g/mol. The average Bonchev–Trinajstić information content (AvgIpc) is 2.38. The molecule has 0 spiro atoms. The molecule has 0 bridgehead atoms. The molecule has 0 unspecified atom stereocenters. The Labute approximate surface area is 115 Å². The van der Waals surface area contributed by atoms with Gasteiger partial charge in [0.25, 0.3) is 0 Å². The van der Waals surface area contributed by atoms with Gasteiger partial charge in [-0.25, -0.2) is 4.98 Å². The number of benzene rings is 1. The predicted octanol–water partition coefficient (Wildman–Crippen LogP) is 3.79. The SMILES string of the molecule is Cc1cnc(N(C)c2cccc(C#N)c2)c(Br)c1. The van der Waals surface area contributed by atoms with Crippen molar-refractivity contribution in [2.75, 3.05) is 11.9 Å². The first kappa shape index (κ1) is 12.6. The van der Waals surface area contributed by atoms with Crippen molar-refractivity contribution in [2.45, 2.75) is 6.92 Å². The number of halogens is 1. The van der Waals surface area contributed by atoms with Crippen LogP contribution in [0.5, 0.6) is 0 Å². The van der Waals surface area contributed by atoms with Gasteiger partial charge in [0, 0.05) is 18.9 Å². The Morgan fingerprint density at radius 1 is 1.33 bits per heavy atom. The largest absolute Gasteiger partial charge is 0.329 e. The second-order valence-corrected chi connectivity index (χ2v) is 4.89. The van der Waals surface area contributed by atoms with E-state index in [1.165, 1.54) is 0 Å². The van der Waals surface area contributed by atoms with Crippen LogP contribution in [0.25, 0.3) is 0 Å². The Kier molecular flexibility index (Phi) is 3.63. The van der Waals surface area contributed by atoms with Crippen molar-refractivity contribution in [1.82, 2.24) is 4.98 Å². The summed E-state index contributed by atoms with van der Waals surface area (Å²) in [5, 5.41) is 8.91. The van der Waals surface area contributed by atoms with E-state index in [-0.39, 0.29) is 0 Å². The van der Waals surface area contributed by atoms with Crippen molar-refractivity contribution in [3.63, 3.8) is 0 Å². The van der Waals surface area contributed by atoms with Crippen LogP contribution in [0, 0.1) is 18.3 Å². The third-order valence-corrected chi connectivity index (χ3v) is 3.22. The van der Waals surface area contributed by atoms with Gasteiger partial charge in [-0.05, 0) is 52.7 Å². The molecule has 4 heteroatoms. The van der Waals surface area contributed by atoms with E-state index in [9.17, 15) is 0 Å². The van der Waals surface area contributed by atoms with Gasteiger partial charge in [-0.1, -0.05) is 6.07 Å². The number of nitrogens with zero attached hydrogens (tertiary/aromatic N) is 3. The molecule has 1 aromatic carbocycles. The standard InChI is InChI=1S/C14H12BrN3/c1-10-6-13(15)14(17-9-10)18(2)12-5-3-4-11(7-12)8-16/h3-7,9H,1-2H3. The van der Waals surface area contributed by atoms with Gasteiger partial charge in [0.2, 0.25) is 0 Å². The Morgan fingerprint density at radius 2 is 2.11 bits per heavy atom. The minimum absolute atomic E-state index is 0.641. The molecule has 0 saturated carbocycles. The molecule has 3 nitrogen and oxygen atoms in total. The maximum atomic E-state index is 8.91. The second kappa shape index (κ2) is 5.19. The molecule has 0 radical (unpaired) electrons. The van der Waals surface area contributed by atoms with Crippen LogP contribution in [0.2, 0.25) is 0 Å². The molecule has 1 heterocycles. The van der Waals surface area contributed by atoms with Gasteiger partial charge in [-0.3, -0.25) is 0 Å². The highest BCUT2D eigenvalue weighted by atomic mass is 79.9. The zero-order chi connectivity index (χ0) is 13.1. The lowest BCUT2D eigenvalue weighted by Crippen LogP contribution is -2.12. The van der Waals surface area contributed by atoms with E-state index in [2.05, 4.69) is 27.0 Å². The number of aromatic nitrogens is 1. The first-order valence-electron chi connectivity index (χ1n) is 5.48. The lowest BCUT2D eigenvalue weighted by Gasteiger charge is -2.20. The lowest BCUT2D eigenvalue weighted by atomic mass is 10.2. The molecular weight excluding hydrogens is 290 g/mol. The molecule has 1 aromatic heterocycles. The summed E-state index contributed by atoms with van der Waals surface area (Å²) in [5.41, 5.74) is 2.68. The van der Waals surface area contributed by atoms with Crippen LogP contribution in [0.15, 0.2) is 41.0 Å². The molecule has 0 N–H and O–H groups in total. The summed E-state index contributed by atoms with van der Waals surface area (Å²) in [5.74, 6) is 0.829. The van der Waals surface area contributed by atoms with Crippen LogP contribution in [-0.4, -0.2) is 12.0 Å². The van der Waals surface area contributed by atoms with E-state index in [1.54, 1.807) is 6.07 Å². The number of pyridine rings is 1. The van der Waals surface area contributed by atoms with Gasteiger partial charge in [0.05, 0.1) is 16.1 Å². The molecule has 2 rings (SSSR count). The zero-order valence-electron chi connectivity index (χ0n) is 10.2. The van der Waals surface area contributed by atoms with Crippen molar-refractivity contribution in [1.29, 1.82) is 5.26 Å². The van der Waals surface area contributed by atoms with E-state index in [0.29, 0.717) is 5.56 Å². The van der Waals surface area contributed by atoms with Crippen LogP contribution in [0.3, 0.4) is 0 Å². The van der Waals surface area contributed by atoms with Crippen molar-refractivity contribution in [3.8, 4) is 6.07 Å². The fourth-order valence-corrected chi connectivity index (χ4v) is 2.41. The summed E-state index contributed by atoms with van der Waals surface area (Å²) < 4.78 is 0.937. The van der Waals surface area contributed by atoms with Crippen LogP contribution in [0.4, 0.5) is 11.5 Å². The number of anilines is 2. The summed E-state index contributed by atoms with van der Waals surface area (Å²) in [4.78, 5) is 6.35. The highest BCUT2D eigenvalue weighted by molar-refractivity contribution is 9.10. The van der Waals surface area contributed by atoms with Crippen LogP contribution in [0.1, 0.15) is 11.1 Å². The predicted molar refractivity (Wildman–Crippen MR) is 75.9 cm³/mol. The van der Waals surface area contributed by atoms with Gasteiger partial charge in [-0.2, -0.15) is 5.26 Å². The minimum Gasteiger partial charge on any atom is -0.329 e. The van der Waals surface area contributed by atoms with Crippen LogP contribution >= 0.6 is 15.9 Å². The molecule has 90 valence electrons. The van der Waals surface area contributed by atoms with Crippen molar-refractivity contribution < 1.29 is 0 Å². The summed E-state index contributed by atoms with van der Waals surface area (Å²) in [6, 6.07) is 11.6. The van der Waals surface area contributed by atoms with Gasteiger partial charge in [0.15, 0.2) is 0 Å². The first-order chi connectivity index (χ1) is 8.61. The van der Waals surface area contributed by atoms with E-state index in [1.807, 2.05) is 49.3 Å². The Balaban J connectivity index is 2.41. The minimum atomic E-state index is 0.641. The third-order valence-electron chi connectivity index (χ3n) is 2.64. The first-order valence-corrected chi connectivity index (χ1v) is 6.27. The van der Waals surface area contributed by atoms with Crippen molar-refractivity contribution in [2.24, 2.45) is 0 Å². The molecule has 0 saturated heterocycles. The number of aryl methyl sites for hydroxylation is 1. The van der Waals surface area contributed by atoms with E-state index < -0.39 is 0 Å². The number of rotatable bonds is 2. The molecule has 0 fully saturated rings. The molecule has 0 aliphatic rings. The topological polar surface area (TPSA) is 39.9 Å². The average molecular weight is 302 g/mol.